The van der Waals surface area contributed by atoms with Crippen molar-refractivity contribution in [2.75, 3.05) is 12.0 Å². The quantitative estimate of drug-likeness (QED) is 0.739. The van der Waals surface area contributed by atoms with Gasteiger partial charge in [-0.05, 0) is 36.6 Å². The molecule has 1 fully saturated rings. The van der Waals surface area contributed by atoms with E-state index in [1.54, 1.807) is 24.1 Å². The molecule has 1 aliphatic rings. The Morgan fingerprint density at radius 2 is 1.83 bits per heavy atom. The van der Waals surface area contributed by atoms with Crippen LogP contribution in [-0.2, 0) is 10.3 Å². The summed E-state index contributed by atoms with van der Waals surface area (Å²) in [5.74, 6) is 0.656. The lowest BCUT2D eigenvalue weighted by molar-refractivity contribution is -0.108. The Hall–Kier alpha value is -2.00. The molecule has 0 radical (unpaired) electrons. The second-order valence-electron chi connectivity index (χ2n) is 5.90. The highest BCUT2D eigenvalue weighted by Gasteiger charge is 2.42. The zero-order chi connectivity index (χ0) is 16.3. The van der Waals surface area contributed by atoms with Gasteiger partial charge in [0, 0.05) is 5.02 Å². The second-order valence-corrected chi connectivity index (χ2v) is 6.33. The number of halogens is 1. The van der Waals surface area contributed by atoms with Gasteiger partial charge in [0.25, 0.3) is 0 Å². The van der Waals surface area contributed by atoms with Crippen LogP contribution in [0.3, 0.4) is 0 Å². The summed E-state index contributed by atoms with van der Waals surface area (Å²) in [7, 11) is 1.61. The molecule has 1 aliphatic carbocycles. The minimum Gasteiger partial charge on any atom is -0.495 e. The van der Waals surface area contributed by atoms with Crippen LogP contribution < -0.4 is 9.64 Å². The van der Waals surface area contributed by atoms with E-state index in [2.05, 4.69) is 12.1 Å². The average molecular weight is 330 g/mol. The normalized spacial score (nSPS) is 16.1. The number of hydrogen-bond acceptors (Lipinski definition) is 2. The van der Waals surface area contributed by atoms with E-state index >= 15 is 0 Å². The number of benzene rings is 2. The van der Waals surface area contributed by atoms with Gasteiger partial charge in [-0.25, -0.2) is 0 Å². The van der Waals surface area contributed by atoms with Crippen LogP contribution in [0.4, 0.5) is 5.69 Å². The zero-order valence-electron chi connectivity index (χ0n) is 13.2. The Morgan fingerprint density at radius 3 is 2.43 bits per heavy atom. The zero-order valence-corrected chi connectivity index (χ0v) is 13.9. The van der Waals surface area contributed by atoms with Gasteiger partial charge in [0.05, 0.1) is 18.3 Å². The van der Waals surface area contributed by atoms with Gasteiger partial charge >= 0.3 is 0 Å². The van der Waals surface area contributed by atoms with Gasteiger partial charge in [0.2, 0.25) is 6.41 Å². The minimum atomic E-state index is -0.332. The first-order chi connectivity index (χ1) is 11.2. The van der Waals surface area contributed by atoms with Crippen molar-refractivity contribution in [3.63, 3.8) is 0 Å². The van der Waals surface area contributed by atoms with Crippen molar-refractivity contribution in [1.82, 2.24) is 0 Å². The molecule has 1 saturated carbocycles. The molecule has 0 heterocycles. The fourth-order valence-electron chi connectivity index (χ4n) is 3.62. The molecule has 0 saturated heterocycles. The van der Waals surface area contributed by atoms with E-state index in [-0.39, 0.29) is 5.54 Å². The maximum absolute atomic E-state index is 12.1. The molecule has 0 bridgehead atoms. The standard InChI is InChI=1S/C19H20ClNO2/c1-23-18-10-9-16(20)13-17(18)21(14-22)19(11-5-6-12-19)15-7-3-2-4-8-15/h2-4,7-10,13-14H,5-6,11-12H2,1H3. The van der Waals surface area contributed by atoms with Crippen molar-refractivity contribution in [2.24, 2.45) is 0 Å². The van der Waals surface area contributed by atoms with Crippen molar-refractivity contribution in [1.29, 1.82) is 0 Å². The SMILES string of the molecule is COc1ccc(Cl)cc1N(C=O)C1(c2ccccc2)CCCC1. The number of methoxy groups -OCH3 is 1. The molecule has 3 nitrogen and oxygen atoms in total. The first-order valence-corrected chi connectivity index (χ1v) is 8.23. The third-order valence-corrected chi connectivity index (χ3v) is 4.94. The summed E-state index contributed by atoms with van der Waals surface area (Å²) in [6, 6.07) is 15.6. The molecule has 2 aromatic carbocycles. The summed E-state index contributed by atoms with van der Waals surface area (Å²) < 4.78 is 5.46. The molecule has 4 heteroatoms. The predicted octanol–water partition coefficient (Wildman–Crippen LogP) is 4.78. The van der Waals surface area contributed by atoms with E-state index in [1.165, 1.54) is 0 Å². The Labute approximate surface area is 141 Å². The highest BCUT2D eigenvalue weighted by molar-refractivity contribution is 6.31. The summed E-state index contributed by atoms with van der Waals surface area (Å²) in [5, 5.41) is 0.592. The summed E-state index contributed by atoms with van der Waals surface area (Å²) in [6.07, 6.45) is 4.98. The molecular formula is C19H20ClNO2. The van der Waals surface area contributed by atoms with Gasteiger partial charge in [-0.1, -0.05) is 54.8 Å². The minimum absolute atomic E-state index is 0.332. The van der Waals surface area contributed by atoms with E-state index in [0.717, 1.165) is 43.3 Å². The smallest absolute Gasteiger partial charge is 0.215 e. The van der Waals surface area contributed by atoms with Crippen molar-refractivity contribution >= 4 is 23.7 Å². The van der Waals surface area contributed by atoms with Gasteiger partial charge in [-0.3, -0.25) is 4.79 Å². The molecule has 0 N–H and O–H groups in total. The van der Waals surface area contributed by atoms with Gasteiger partial charge in [0.1, 0.15) is 5.75 Å². The lowest BCUT2D eigenvalue weighted by atomic mass is 9.86. The van der Waals surface area contributed by atoms with Crippen molar-refractivity contribution in [3.8, 4) is 5.75 Å². The number of rotatable bonds is 5. The number of anilines is 1. The van der Waals surface area contributed by atoms with Gasteiger partial charge in [-0.2, -0.15) is 0 Å². The van der Waals surface area contributed by atoms with Crippen molar-refractivity contribution < 1.29 is 9.53 Å². The summed E-state index contributed by atoms with van der Waals surface area (Å²) in [6.45, 7) is 0. The highest BCUT2D eigenvalue weighted by atomic mass is 35.5. The number of hydrogen-bond donors (Lipinski definition) is 0. The molecule has 2 aromatic rings. The van der Waals surface area contributed by atoms with E-state index in [4.69, 9.17) is 16.3 Å². The number of nitrogens with zero attached hydrogens (tertiary/aromatic N) is 1. The Morgan fingerprint density at radius 1 is 1.13 bits per heavy atom. The average Bonchev–Trinajstić information content (AvgIpc) is 3.07. The van der Waals surface area contributed by atoms with Crippen LogP contribution in [0.5, 0.6) is 5.75 Å². The van der Waals surface area contributed by atoms with Crippen LogP contribution in [0.2, 0.25) is 5.02 Å². The predicted molar refractivity (Wildman–Crippen MR) is 93.1 cm³/mol. The van der Waals surface area contributed by atoms with Crippen LogP contribution in [0.15, 0.2) is 48.5 Å². The molecule has 1 amide bonds. The van der Waals surface area contributed by atoms with E-state index in [9.17, 15) is 4.79 Å². The van der Waals surface area contributed by atoms with E-state index in [0.29, 0.717) is 10.8 Å². The van der Waals surface area contributed by atoms with Crippen molar-refractivity contribution in [2.45, 2.75) is 31.2 Å². The van der Waals surface area contributed by atoms with Gasteiger partial charge in [-0.15, -0.1) is 0 Å². The number of ether oxygens (including phenoxy) is 1. The molecule has 23 heavy (non-hydrogen) atoms. The first kappa shape index (κ1) is 15.9. The second kappa shape index (κ2) is 6.63. The maximum Gasteiger partial charge on any atom is 0.215 e. The lowest BCUT2D eigenvalue weighted by Gasteiger charge is -2.40. The van der Waals surface area contributed by atoms with Crippen LogP contribution >= 0.6 is 11.6 Å². The van der Waals surface area contributed by atoms with Crippen molar-refractivity contribution in [3.05, 3.63) is 59.1 Å². The van der Waals surface area contributed by atoms with Crippen LogP contribution in [-0.4, -0.2) is 13.5 Å². The molecule has 0 atom stereocenters. The fourth-order valence-corrected chi connectivity index (χ4v) is 3.78. The Kier molecular flexibility index (Phi) is 4.58. The first-order valence-electron chi connectivity index (χ1n) is 7.85. The molecule has 0 unspecified atom stereocenters. The molecule has 0 spiro atoms. The summed E-state index contributed by atoms with van der Waals surface area (Å²) in [4.78, 5) is 13.9. The summed E-state index contributed by atoms with van der Waals surface area (Å²) in [5.41, 5.74) is 1.55. The monoisotopic (exact) mass is 329 g/mol. The van der Waals surface area contributed by atoms with Crippen LogP contribution in [0, 0.1) is 0 Å². The molecule has 0 aromatic heterocycles. The third kappa shape index (κ3) is 2.81. The lowest BCUT2D eigenvalue weighted by Crippen LogP contribution is -2.43. The largest absolute Gasteiger partial charge is 0.495 e. The number of carbonyl (C=O) groups excluding carboxylic acids is 1. The Bertz CT molecular complexity index is 681. The van der Waals surface area contributed by atoms with Crippen LogP contribution in [0.1, 0.15) is 31.2 Å². The fraction of sp³-hybridized carbons (Fsp3) is 0.316. The third-order valence-electron chi connectivity index (χ3n) is 4.71. The summed E-state index contributed by atoms with van der Waals surface area (Å²) >= 11 is 6.17. The number of carbonyl (C=O) groups is 1. The van der Waals surface area contributed by atoms with Gasteiger partial charge < -0.3 is 9.64 Å². The molecule has 3 rings (SSSR count). The molecule has 0 aliphatic heterocycles. The topological polar surface area (TPSA) is 29.5 Å². The van der Waals surface area contributed by atoms with Crippen LogP contribution in [0.25, 0.3) is 0 Å². The van der Waals surface area contributed by atoms with Gasteiger partial charge in [0.15, 0.2) is 0 Å². The van der Waals surface area contributed by atoms with E-state index < -0.39 is 0 Å². The Balaban J connectivity index is 2.15. The number of amides is 1. The van der Waals surface area contributed by atoms with E-state index in [1.807, 2.05) is 24.3 Å². The molecular weight excluding hydrogens is 310 g/mol. The molecule has 120 valence electrons. The highest BCUT2D eigenvalue weighted by Crippen LogP contribution is 2.47. The maximum atomic E-state index is 12.1.